The van der Waals surface area contributed by atoms with Crippen LogP contribution in [0.5, 0.6) is 0 Å². The van der Waals surface area contributed by atoms with Crippen LogP contribution in [0.2, 0.25) is 0 Å². The van der Waals surface area contributed by atoms with E-state index in [4.69, 9.17) is 0 Å². The lowest BCUT2D eigenvalue weighted by Gasteiger charge is -2.32. The van der Waals surface area contributed by atoms with Crippen LogP contribution in [0.1, 0.15) is 51.9 Å². The second-order valence-electron chi connectivity index (χ2n) is 8.83. The summed E-state index contributed by atoms with van der Waals surface area (Å²) in [5.74, 6) is 0.884. The van der Waals surface area contributed by atoms with Gasteiger partial charge in [0.25, 0.3) is 0 Å². The third-order valence-electron chi connectivity index (χ3n) is 6.70. The van der Waals surface area contributed by atoms with Crippen molar-refractivity contribution in [3.8, 4) is 0 Å². The number of hydrogen-bond donors (Lipinski definition) is 0. The number of carbonyl (C=O) groups excluding carboxylic acids is 2. The third kappa shape index (κ3) is 4.18. The van der Waals surface area contributed by atoms with E-state index in [2.05, 4.69) is 24.0 Å². The standard InChI is InChI=1S/C23H33N3O2/c1-18-10-14-24(15-11-18)20-6-8-21(9-7-20)26-17-19(16-22(26)27)23(28)25-12-4-2-3-5-13-25/h6-9,18-19H,2-5,10-17H2,1H3. The van der Waals surface area contributed by atoms with E-state index >= 15 is 0 Å². The largest absolute Gasteiger partial charge is 0.372 e. The van der Waals surface area contributed by atoms with Crippen LogP contribution < -0.4 is 9.80 Å². The van der Waals surface area contributed by atoms with Gasteiger partial charge in [0.05, 0.1) is 5.92 Å². The van der Waals surface area contributed by atoms with Crippen molar-refractivity contribution in [2.45, 2.75) is 51.9 Å². The Morgan fingerprint density at radius 2 is 1.50 bits per heavy atom. The molecule has 3 fully saturated rings. The van der Waals surface area contributed by atoms with Gasteiger partial charge in [-0.3, -0.25) is 9.59 Å². The number of rotatable bonds is 3. The molecule has 3 heterocycles. The van der Waals surface area contributed by atoms with E-state index in [1.807, 2.05) is 21.9 Å². The van der Waals surface area contributed by atoms with Crippen molar-refractivity contribution in [1.82, 2.24) is 4.90 Å². The maximum Gasteiger partial charge on any atom is 0.228 e. The molecule has 0 spiro atoms. The van der Waals surface area contributed by atoms with Gasteiger partial charge in [-0.25, -0.2) is 0 Å². The number of likely N-dealkylation sites (tertiary alicyclic amines) is 1. The maximum atomic E-state index is 12.9. The summed E-state index contributed by atoms with van der Waals surface area (Å²) in [5, 5.41) is 0. The highest BCUT2D eigenvalue weighted by Crippen LogP contribution is 2.30. The Morgan fingerprint density at radius 3 is 2.14 bits per heavy atom. The lowest BCUT2D eigenvalue weighted by molar-refractivity contribution is -0.135. The first-order chi connectivity index (χ1) is 13.6. The Morgan fingerprint density at radius 1 is 0.893 bits per heavy atom. The minimum absolute atomic E-state index is 0.0766. The van der Waals surface area contributed by atoms with Gasteiger partial charge in [0.15, 0.2) is 0 Å². The molecule has 0 bridgehead atoms. The molecule has 5 nitrogen and oxygen atoms in total. The smallest absolute Gasteiger partial charge is 0.228 e. The summed E-state index contributed by atoms with van der Waals surface area (Å²) in [6.45, 7) is 6.77. The second-order valence-corrected chi connectivity index (χ2v) is 8.83. The van der Waals surface area contributed by atoms with Crippen LogP contribution in [0.4, 0.5) is 11.4 Å². The minimum atomic E-state index is -0.186. The SMILES string of the molecule is CC1CCN(c2ccc(N3CC(C(=O)N4CCCCCC4)CC3=O)cc2)CC1. The molecule has 0 radical (unpaired) electrons. The number of benzene rings is 1. The van der Waals surface area contributed by atoms with Gasteiger partial charge < -0.3 is 14.7 Å². The molecular formula is C23H33N3O2. The zero-order valence-electron chi connectivity index (χ0n) is 17.1. The van der Waals surface area contributed by atoms with Crippen molar-refractivity contribution in [3.05, 3.63) is 24.3 Å². The van der Waals surface area contributed by atoms with Gasteiger partial charge in [-0.1, -0.05) is 19.8 Å². The van der Waals surface area contributed by atoms with Crippen molar-refractivity contribution < 1.29 is 9.59 Å². The van der Waals surface area contributed by atoms with Crippen molar-refractivity contribution in [3.63, 3.8) is 0 Å². The molecule has 1 aromatic rings. The molecule has 1 atom stereocenters. The average Bonchev–Trinajstić information content (AvgIpc) is 2.92. The summed E-state index contributed by atoms with van der Waals surface area (Å²) in [4.78, 5) is 31.7. The Balaban J connectivity index is 1.39. The normalized spacial score (nSPS) is 24.5. The van der Waals surface area contributed by atoms with Crippen LogP contribution in [0.3, 0.4) is 0 Å². The van der Waals surface area contributed by atoms with Crippen LogP contribution in [0.25, 0.3) is 0 Å². The van der Waals surface area contributed by atoms with E-state index < -0.39 is 0 Å². The highest BCUT2D eigenvalue weighted by molar-refractivity contribution is 6.00. The molecule has 2 amide bonds. The molecule has 0 aromatic heterocycles. The molecule has 0 saturated carbocycles. The molecular weight excluding hydrogens is 350 g/mol. The van der Waals surface area contributed by atoms with Crippen molar-refractivity contribution in [2.75, 3.05) is 42.5 Å². The highest BCUT2D eigenvalue weighted by Gasteiger charge is 2.37. The predicted molar refractivity (Wildman–Crippen MR) is 113 cm³/mol. The fraction of sp³-hybridized carbons (Fsp3) is 0.652. The fourth-order valence-electron chi connectivity index (χ4n) is 4.78. The molecule has 1 aromatic carbocycles. The van der Waals surface area contributed by atoms with Crippen LogP contribution in [0.15, 0.2) is 24.3 Å². The molecule has 0 aliphatic carbocycles. The molecule has 3 aliphatic rings. The number of nitrogens with zero attached hydrogens (tertiary/aromatic N) is 3. The summed E-state index contributed by atoms with van der Waals surface area (Å²) in [7, 11) is 0. The van der Waals surface area contributed by atoms with Gasteiger partial charge in [0, 0.05) is 50.5 Å². The monoisotopic (exact) mass is 383 g/mol. The first-order valence-corrected chi connectivity index (χ1v) is 11.1. The number of carbonyl (C=O) groups is 2. The van der Waals surface area contributed by atoms with E-state index in [1.165, 1.54) is 31.4 Å². The predicted octanol–water partition coefficient (Wildman–Crippen LogP) is 3.68. The lowest BCUT2D eigenvalue weighted by atomic mass is 9.99. The van der Waals surface area contributed by atoms with Gasteiger partial charge in [-0.2, -0.15) is 0 Å². The van der Waals surface area contributed by atoms with Crippen molar-refractivity contribution in [2.24, 2.45) is 11.8 Å². The Kier molecular flexibility index (Phi) is 5.88. The number of anilines is 2. The minimum Gasteiger partial charge on any atom is -0.372 e. The van der Waals surface area contributed by atoms with Gasteiger partial charge in [-0.15, -0.1) is 0 Å². The van der Waals surface area contributed by atoms with Crippen LogP contribution in [0, 0.1) is 11.8 Å². The Labute approximate surface area is 168 Å². The molecule has 1 unspecified atom stereocenters. The number of amides is 2. The van der Waals surface area contributed by atoms with Gasteiger partial charge in [-0.05, 0) is 55.9 Å². The van der Waals surface area contributed by atoms with Gasteiger partial charge in [0.1, 0.15) is 0 Å². The molecule has 152 valence electrons. The van der Waals surface area contributed by atoms with E-state index in [0.29, 0.717) is 13.0 Å². The fourth-order valence-corrected chi connectivity index (χ4v) is 4.78. The molecule has 4 rings (SSSR count). The lowest BCUT2D eigenvalue weighted by Crippen LogP contribution is -2.38. The summed E-state index contributed by atoms with van der Waals surface area (Å²) >= 11 is 0. The summed E-state index contributed by atoms with van der Waals surface area (Å²) in [6.07, 6.45) is 7.43. The first-order valence-electron chi connectivity index (χ1n) is 11.1. The number of hydrogen-bond acceptors (Lipinski definition) is 3. The van der Waals surface area contributed by atoms with Crippen molar-refractivity contribution in [1.29, 1.82) is 0 Å². The second kappa shape index (κ2) is 8.54. The Hall–Kier alpha value is -2.04. The highest BCUT2D eigenvalue weighted by atomic mass is 16.2. The quantitative estimate of drug-likeness (QED) is 0.800. The van der Waals surface area contributed by atoms with Gasteiger partial charge >= 0.3 is 0 Å². The summed E-state index contributed by atoms with van der Waals surface area (Å²) < 4.78 is 0. The summed E-state index contributed by atoms with van der Waals surface area (Å²) in [5.41, 5.74) is 2.16. The zero-order chi connectivity index (χ0) is 19.5. The number of piperidine rings is 1. The topological polar surface area (TPSA) is 43.9 Å². The van der Waals surface area contributed by atoms with E-state index in [1.54, 1.807) is 0 Å². The van der Waals surface area contributed by atoms with E-state index in [0.717, 1.165) is 50.6 Å². The van der Waals surface area contributed by atoms with E-state index in [9.17, 15) is 9.59 Å². The van der Waals surface area contributed by atoms with E-state index in [-0.39, 0.29) is 17.7 Å². The Bertz CT molecular complexity index is 686. The molecule has 0 N–H and O–H groups in total. The average molecular weight is 384 g/mol. The summed E-state index contributed by atoms with van der Waals surface area (Å²) in [6, 6.07) is 8.35. The zero-order valence-corrected chi connectivity index (χ0v) is 17.1. The maximum absolute atomic E-state index is 12.9. The van der Waals surface area contributed by atoms with Crippen molar-refractivity contribution >= 4 is 23.2 Å². The first kappa shape index (κ1) is 19.3. The molecule has 3 saturated heterocycles. The molecule has 28 heavy (non-hydrogen) atoms. The molecule has 5 heteroatoms. The third-order valence-corrected chi connectivity index (χ3v) is 6.70. The van der Waals surface area contributed by atoms with Gasteiger partial charge in [0.2, 0.25) is 11.8 Å². The van der Waals surface area contributed by atoms with Crippen LogP contribution >= 0.6 is 0 Å². The van der Waals surface area contributed by atoms with Crippen LogP contribution in [-0.2, 0) is 9.59 Å². The van der Waals surface area contributed by atoms with Crippen LogP contribution in [-0.4, -0.2) is 49.4 Å². The molecule has 3 aliphatic heterocycles.